The number of thiophene rings is 1. The van der Waals surface area contributed by atoms with Crippen molar-refractivity contribution in [3.8, 4) is 44.9 Å². The Morgan fingerprint density at radius 2 is 0.868 bits per heavy atom. The fourth-order valence-corrected chi connectivity index (χ4v) is 9.32. The lowest BCUT2D eigenvalue weighted by atomic mass is 9.91. The van der Waals surface area contributed by atoms with E-state index in [0.717, 1.165) is 33.5 Å². The molecule has 246 valence electrons. The second kappa shape index (κ2) is 11.9. The van der Waals surface area contributed by atoms with Crippen LogP contribution in [0.4, 0.5) is 0 Å². The standard InChI is InChI=1S/C50H30N2S/c1-2-12-33(13-3-1)50-51-45-20-10-8-18-41(45)49(52-50)44-29-35(30-47-48(44)42-19-9-11-21-46(42)53-47)32-24-22-31(23-25-32)34-26-27-40-38-16-5-4-14-36(38)37-15-6-7-17-39(37)43(40)28-34/h1-30H. The maximum atomic E-state index is 5.33. The summed E-state index contributed by atoms with van der Waals surface area (Å²) in [5.74, 6) is 0.734. The van der Waals surface area contributed by atoms with E-state index in [9.17, 15) is 0 Å². The van der Waals surface area contributed by atoms with Crippen LogP contribution < -0.4 is 0 Å². The van der Waals surface area contributed by atoms with Crippen molar-refractivity contribution >= 4 is 74.7 Å². The Labute approximate surface area is 310 Å². The third-order valence-electron chi connectivity index (χ3n) is 10.7. The van der Waals surface area contributed by atoms with E-state index in [4.69, 9.17) is 9.97 Å². The maximum absolute atomic E-state index is 5.33. The SMILES string of the molecule is c1ccc(-c2nc(-c3cc(-c4ccc(-c5ccc6c7ccccc7c7ccccc7c6c5)cc4)cc4sc5ccccc5c34)c3ccccc3n2)cc1. The van der Waals surface area contributed by atoms with Crippen LogP contribution >= 0.6 is 11.3 Å². The molecule has 0 saturated heterocycles. The molecule has 11 rings (SSSR count). The van der Waals surface area contributed by atoms with Gasteiger partial charge in [-0.05, 0) is 84.9 Å². The first kappa shape index (κ1) is 30.0. The molecule has 0 unspecified atom stereocenters. The van der Waals surface area contributed by atoms with Crippen molar-refractivity contribution in [2.24, 2.45) is 0 Å². The van der Waals surface area contributed by atoms with Gasteiger partial charge in [0.25, 0.3) is 0 Å². The predicted octanol–water partition coefficient (Wildman–Crippen LogP) is 14.1. The van der Waals surface area contributed by atoms with Crippen LogP contribution in [-0.2, 0) is 0 Å². The van der Waals surface area contributed by atoms with Crippen LogP contribution in [0, 0.1) is 0 Å². The number of rotatable bonds is 4. The Morgan fingerprint density at radius 1 is 0.321 bits per heavy atom. The van der Waals surface area contributed by atoms with E-state index in [-0.39, 0.29) is 0 Å². The Kier molecular flexibility index (Phi) is 6.76. The van der Waals surface area contributed by atoms with Crippen molar-refractivity contribution in [2.45, 2.75) is 0 Å². The average Bonchev–Trinajstić information content (AvgIpc) is 3.62. The van der Waals surface area contributed by atoms with E-state index < -0.39 is 0 Å². The van der Waals surface area contributed by atoms with Gasteiger partial charge >= 0.3 is 0 Å². The quantitative estimate of drug-likeness (QED) is 0.172. The zero-order valence-corrected chi connectivity index (χ0v) is 29.4. The molecule has 0 aliphatic rings. The van der Waals surface area contributed by atoms with E-state index in [2.05, 4.69) is 164 Å². The predicted molar refractivity (Wildman–Crippen MR) is 227 cm³/mol. The van der Waals surface area contributed by atoms with Crippen molar-refractivity contribution < 1.29 is 0 Å². The number of para-hydroxylation sites is 1. The van der Waals surface area contributed by atoms with Gasteiger partial charge in [-0.3, -0.25) is 0 Å². The smallest absolute Gasteiger partial charge is 0.160 e. The van der Waals surface area contributed by atoms with Crippen molar-refractivity contribution in [3.05, 3.63) is 182 Å². The summed E-state index contributed by atoms with van der Waals surface area (Å²) in [5, 5.41) is 11.3. The Morgan fingerprint density at radius 3 is 1.58 bits per heavy atom. The first-order chi connectivity index (χ1) is 26.3. The molecular formula is C50H30N2S. The number of fused-ring (bicyclic) bond motifs is 10. The largest absolute Gasteiger partial charge is 0.228 e. The monoisotopic (exact) mass is 690 g/mol. The first-order valence-electron chi connectivity index (χ1n) is 18.0. The highest BCUT2D eigenvalue weighted by Gasteiger charge is 2.19. The van der Waals surface area contributed by atoms with Gasteiger partial charge in [-0.25, -0.2) is 9.97 Å². The summed E-state index contributed by atoms with van der Waals surface area (Å²) in [7, 11) is 0. The molecule has 3 heteroatoms. The van der Waals surface area contributed by atoms with Crippen LogP contribution in [0.3, 0.4) is 0 Å². The van der Waals surface area contributed by atoms with Gasteiger partial charge in [-0.2, -0.15) is 0 Å². The fraction of sp³-hybridized carbons (Fsp3) is 0. The molecule has 11 aromatic rings. The highest BCUT2D eigenvalue weighted by molar-refractivity contribution is 7.26. The van der Waals surface area contributed by atoms with Crippen LogP contribution in [0.2, 0.25) is 0 Å². The van der Waals surface area contributed by atoms with E-state index >= 15 is 0 Å². The lowest BCUT2D eigenvalue weighted by Gasteiger charge is -2.14. The summed E-state index contributed by atoms with van der Waals surface area (Å²) in [6, 6.07) is 65.6. The van der Waals surface area contributed by atoms with E-state index in [1.807, 2.05) is 29.5 Å². The van der Waals surface area contributed by atoms with Gasteiger partial charge in [0.05, 0.1) is 11.2 Å². The van der Waals surface area contributed by atoms with Gasteiger partial charge in [-0.15, -0.1) is 11.3 Å². The molecule has 9 aromatic carbocycles. The molecule has 0 bridgehead atoms. The van der Waals surface area contributed by atoms with Crippen LogP contribution in [0.25, 0.3) is 108 Å². The molecule has 0 amide bonds. The highest BCUT2D eigenvalue weighted by Crippen LogP contribution is 2.44. The summed E-state index contributed by atoms with van der Waals surface area (Å²) in [6.45, 7) is 0. The Hall–Kier alpha value is -6.68. The van der Waals surface area contributed by atoms with Gasteiger partial charge in [-0.1, -0.05) is 152 Å². The first-order valence-corrected chi connectivity index (χ1v) is 18.8. The van der Waals surface area contributed by atoms with Gasteiger partial charge < -0.3 is 0 Å². The molecule has 2 aromatic heterocycles. The zero-order chi connectivity index (χ0) is 34.9. The van der Waals surface area contributed by atoms with E-state index in [1.54, 1.807) is 0 Å². The molecule has 53 heavy (non-hydrogen) atoms. The molecule has 2 nitrogen and oxygen atoms in total. The summed E-state index contributed by atoms with van der Waals surface area (Å²) in [5.41, 5.74) is 8.79. The molecule has 0 aliphatic carbocycles. The van der Waals surface area contributed by atoms with Crippen LogP contribution in [0.5, 0.6) is 0 Å². The van der Waals surface area contributed by atoms with Crippen molar-refractivity contribution in [1.29, 1.82) is 0 Å². The lowest BCUT2D eigenvalue weighted by molar-refractivity contribution is 1.23. The van der Waals surface area contributed by atoms with Gasteiger partial charge in [0.15, 0.2) is 5.82 Å². The highest BCUT2D eigenvalue weighted by atomic mass is 32.1. The van der Waals surface area contributed by atoms with Crippen molar-refractivity contribution in [2.75, 3.05) is 0 Å². The van der Waals surface area contributed by atoms with Crippen molar-refractivity contribution in [1.82, 2.24) is 9.97 Å². The lowest BCUT2D eigenvalue weighted by Crippen LogP contribution is -1.96. The van der Waals surface area contributed by atoms with Gasteiger partial charge in [0, 0.05) is 36.7 Å². The Bertz CT molecular complexity index is 3180. The van der Waals surface area contributed by atoms with Crippen LogP contribution in [-0.4, -0.2) is 9.97 Å². The molecule has 0 saturated carbocycles. The third kappa shape index (κ3) is 4.86. The second-order valence-corrected chi connectivity index (χ2v) is 14.8. The number of benzene rings is 9. The molecule has 0 N–H and O–H groups in total. The third-order valence-corrected chi connectivity index (χ3v) is 11.8. The number of aromatic nitrogens is 2. The van der Waals surface area contributed by atoms with Crippen molar-refractivity contribution in [3.63, 3.8) is 0 Å². The molecule has 2 heterocycles. The molecule has 0 aliphatic heterocycles. The molecule has 0 fully saturated rings. The molecule has 0 spiro atoms. The van der Waals surface area contributed by atoms with Crippen LogP contribution in [0.1, 0.15) is 0 Å². The molecule has 0 atom stereocenters. The number of nitrogens with zero attached hydrogens (tertiary/aromatic N) is 2. The fourth-order valence-electron chi connectivity index (χ4n) is 8.15. The minimum absolute atomic E-state index is 0.734. The van der Waals surface area contributed by atoms with E-state index in [1.165, 1.54) is 74.7 Å². The Balaban J connectivity index is 1.08. The molecule has 0 radical (unpaired) electrons. The minimum Gasteiger partial charge on any atom is -0.228 e. The minimum atomic E-state index is 0.734. The summed E-state index contributed by atoms with van der Waals surface area (Å²) < 4.78 is 2.52. The number of hydrogen-bond acceptors (Lipinski definition) is 3. The summed E-state index contributed by atoms with van der Waals surface area (Å²) in [4.78, 5) is 10.3. The normalized spacial score (nSPS) is 11.8. The summed E-state index contributed by atoms with van der Waals surface area (Å²) in [6.07, 6.45) is 0. The average molecular weight is 691 g/mol. The van der Waals surface area contributed by atoms with Gasteiger partial charge in [0.2, 0.25) is 0 Å². The zero-order valence-electron chi connectivity index (χ0n) is 28.6. The van der Waals surface area contributed by atoms with E-state index in [0.29, 0.717) is 0 Å². The number of hydrogen-bond donors (Lipinski definition) is 0. The topological polar surface area (TPSA) is 25.8 Å². The van der Waals surface area contributed by atoms with Crippen LogP contribution in [0.15, 0.2) is 182 Å². The van der Waals surface area contributed by atoms with Gasteiger partial charge in [0.1, 0.15) is 0 Å². The maximum Gasteiger partial charge on any atom is 0.160 e. The summed E-state index contributed by atoms with van der Waals surface area (Å²) >= 11 is 1.84. The molecular weight excluding hydrogens is 661 g/mol. The second-order valence-electron chi connectivity index (χ2n) is 13.7.